The molecule has 1 amide bonds. The van der Waals surface area contributed by atoms with Gasteiger partial charge in [-0.2, -0.15) is 43.1 Å². The second-order valence-electron chi connectivity index (χ2n) is 12.0. The highest BCUT2D eigenvalue weighted by Crippen LogP contribution is 2.33. The molecule has 3 saturated heterocycles. The highest BCUT2D eigenvalue weighted by atomic mass is 32.3. The molecule has 15 atom stereocenters. The van der Waals surface area contributed by atoms with Gasteiger partial charge in [0.15, 0.2) is 25.0 Å². The van der Waals surface area contributed by atoms with Crippen molar-refractivity contribution < 1.29 is 129 Å². The van der Waals surface area contributed by atoms with Gasteiger partial charge in [-0.05, 0) is 0 Å². The molecule has 31 nitrogen and oxygen atoms in total. The van der Waals surface area contributed by atoms with Crippen LogP contribution in [-0.4, -0.2) is 213 Å². The fourth-order valence-electron chi connectivity index (χ4n) is 5.50. The van der Waals surface area contributed by atoms with Crippen LogP contribution in [0.2, 0.25) is 0 Å². The summed E-state index contributed by atoms with van der Waals surface area (Å²) in [5.41, 5.74) is 0. The number of carbonyl (C=O) groups is 2. The molecule has 3 aliphatic rings. The average molecular weight is 922 g/mol. The number of aliphatic carboxylic acids is 1. The number of carboxylic acid groups (broad SMARTS) is 1. The SMILES string of the molecule is CC(=O)N[C@H]1[C@@H](OCCNS(=O)(=O)O)O[C@H](COS(=O)(=O)O)[C@@H](O[C@@H]2O[C@H](C(=O)O)[C@@H](O[C@H]3O[C@H](COS(=O)(=O)O)[C@@H](O)[C@H](O)[C@H]3NS(=O)(=O)O)[C@H](O)[C@H]2O)[C@@H]1O. The molecule has 3 aliphatic heterocycles. The summed E-state index contributed by atoms with van der Waals surface area (Å²) in [7, 11) is -20.6. The number of aliphatic hydroxyl groups excluding tert-OH is 5. The number of carboxylic acids is 1. The van der Waals surface area contributed by atoms with Crippen molar-refractivity contribution in [2.24, 2.45) is 0 Å². The van der Waals surface area contributed by atoms with E-state index in [1.165, 1.54) is 4.72 Å². The number of hydrogen-bond donors (Lipinski definition) is 13. The Morgan fingerprint density at radius 1 is 0.632 bits per heavy atom. The standard InChI is InChI=1S/C22H39N3O28S4/c1-6(26)24-9-13(29)16(8(5-48-57(43,44)45)50-20(9)46-3-2-23-54(34,35)36)51-22-15(31)14(30)17(18(53-22)19(32)33)52-21-10(25-55(37,38)39)12(28)11(27)7(49-21)4-47-56(40,41)42/h7-18,20-23,25,27-31H,2-5H2,1H3,(H,24,26)(H,32,33)(H,34,35,36)(H,37,38,39)(H,40,41,42)(H,43,44,45)/t7-,8-,9-,10-,11-,12-,13-,14-,15-,16-,17+,18+,20+,21-,22-/m1/s1. The minimum Gasteiger partial charge on any atom is -0.479 e. The van der Waals surface area contributed by atoms with Crippen LogP contribution in [0.5, 0.6) is 0 Å². The predicted octanol–water partition coefficient (Wildman–Crippen LogP) is -8.87. The third-order valence-electron chi connectivity index (χ3n) is 7.83. The Bertz CT molecular complexity index is 1830. The number of carbonyl (C=O) groups excluding carboxylic acids is 1. The van der Waals surface area contributed by atoms with E-state index < -0.39 is 172 Å². The van der Waals surface area contributed by atoms with Gasteiger partial charge in [0.1, 0.15) is 67.0 Å². The minimum absolute atomic E-state index is 0.634. The molecule has 0 radical (unpaired) electrons. The highest BCUT2D eigenvalue weighted by Gasteiger charge is 2.56. The van der Waals surface area contributed by atoms with E-state index in [0.29, 0.717) is 0 Å². The molecular formula is C22H39N3O28S4. The molecule has 0 aromatic carbocycles. The Morgan fingerprint density at radius 2 is 1.18 bits per heavy atom. The van der Waals surface area contributed by atoms with Crippen molar-refractivity contribution in [2.45, 2.75) is 98.9 Å². The molecule has 0 aliphatic carbocycles. The van der Waals surface area contributed by atoms with Crippen molar-refractivity contribution in [3.05, 3.63) is 0 Å². The zero-order valence-electron chi connectivity index (χ0n) is 28.4. The molecule has 35 heteroatoms. The van der Waals surface area contributed by atoms with E-state index in [4.69, 9.17) is 42.1 Å². The van der Waals surface area contributed by atoms with Gasteiger partial charge in [-0.25, -0.2) is 13.2 Å². The highest BCUT2D eigenvalue weighted by molar-refractivity contribution is 7.84. The quantitative estimate of drug-likeness (QED) is 0.0423. The Labute approximate surface area is 321 Å². The lowest BCUT2D eigenvalue weighted by Gasteiger charge is -2.48. The lowest BCUT2D eigenvalue weighted by Crippen LogP contribution is -2.69. The first-order chi connectivity index (χ1) is 26.0. The summed E-state index contributed by atoms with van der Waals surface area (Å²) >= 11 is 0. The summed E-state index contributed by atoms with van der Waals surface area (Å²) in [6.45, 7) is -2.93. The Morgan fingerprint density at radius 3 is 1.68 bits per heavy atom. The van der Waals surface area contributed by atoms with Gasteiger partial charge in [0.25, 0.3) is 0 Å². The van der Waals surface area contributed by atoms with E-state index in [9.17, 15) is 78.5 Å². The van der Waals surface area contributed by atoms with Crippen molar-refractivity contribution in [1.82, 2.24) is 14.8 Å². The molecule has 0 unspecified atom stereocenters. The van der Waals surface area contributed by atoms with E-state index in [1.54, 1.807) is 4.72 Å². The van der Waals surface area contributed by atoms with Crippen molar-refractivity contribution in [1.29, 1.82) is 0 Å². The monoisotopic (exact) mass is 921 g/mol. The van der Waals surface area contributed by atoms with Crippen LogP contribution in [0, 0.1) is 0 Å². The largest absolute Gasteiger partial charge is 0.479 e. The molecule has 0 saturated carbocycles. The lowest BCUT2D eigenvalue weighted by atomic mass is 9.94. The number of rotatable bonds is 19. The van der Waals surface area contributed by atoms with Gasteiger partial charge < -0.3 is 64.4 Å². The topological polar surface area (TPSA) is 483 Å². The summed E-state index contributed by atoms with van der Waals surface area (Å²) in [5.74, 6) is -2.94. The van der Waals surface area contributed by atoms with Gasteiger partial charge in [-0.1, -0.05) is 0 Å². The molecular weight excluding hydrogens is 883 g/mol. The Balaban J connectivity index is 1.93. The minimum atomic E-state index is -5.34. The zero-order chi connectivity index (χ0) is 43.4. The predicted molar refractivity (Wildman–Crippen MR) is 170 cm³/mol. The van der Waals surface area contributed by atoms with Crippen LogP contribution in [0.1, 0.15) is 6.92 Å². The fourth-order valence-corrected chi connectivity index (χ4v) is 7.05. The zero-order valence-corrected chi connectivity index (χ0v) is 31.7. The lowest BCUT2D eigenvalue weighted by molar-refractivity contribution is -0.362. The van der Waals surface area contributed by atoms with Crippen molar-refractivity contribution in [3.63, 3.8) is 0 Å². The maximum Gasteiger partial charge on any atom is 0.397 e. The van der Waals surface area contributed by atoms with E-state index in [2.05, 4.69) is 13.7 Å². The van der Waals surface area contributed by atoms with E-state index in [-0.39, 0.29) is 0 Å². The third-order valence-corrected chi connectivity index (χ3v) is 9.84. The van der Waals surface area contributed by atoms with Gasteiger partial charge in [0.05, 0.1) is 19.8 Å². The summed E-state index contributed by atoms with van der Waals surface area (Å²) in [4.78, 5) is 24.4. The van der Waals surface area contributed by atoms with Gasteiger partial charge in [-0.3, -0.25) is 23.0 Å². The molecule has 0 bridgehead atoms. The van der Waals surface area contributed by atoms with Crippen molar-refractivity contribution in [3.8, 4) is 0 Å². The fraction of sp³-hybridized carbons (Fsp3) is 0.909. The van der Waals surface area contributed by atoms with Crippen LogP contribution in [0.4, 0.5) is 0 Å². The first kappa shape index (κ1) is 49.3. The van der Waals surface area contributed by atoms with E-state index in [0.717, 1.165) is 6.92 Å². The van der Waals surface area contributed by atoms with Crippen LogP contribution in [0.25, 0.3) is 0 Å². The maximum absolute atomic E-state index is 12.4. The molecule has 0 aromatic rings. The van der Waals surface area contributed by atoms with Gasteiger partial charge in [-0.15, -0.1) is 0 Å². The normalized spacial score (nSPS) is 37.1. The first-order valence-electron chi connectivity index (χ1n) is 15.5. The number of aliphatic hydroxyl groups is 5. The van der Waals surface area contributed by atoms with Crippen molar-refractivity contribution >= 4 is 53.3 Å². The molecule has 3 heterocycles. The molecule has 0 aromatic heterocycles. The summed E-state index contributed by atoms with van der Waals surface area (Å²) in [6, 6.07) is -4.06. The van der Waals surface area contributed by atoms with Crippen LogP contribution in [0.3, 0.4) is 0 Å². The molecule has 3 fully saturated rings. The van der Waals surface area contributed by atoms with E-state index in [1.807, 2.05) is 0 Å². The number of amides is 1. The van der Waals surface area contributed by atoms with Crippen LogP contribution >= 0.6 is 0 Å². The molecule has 57 heavy (non-hydrogen) atoms. The summed E-state index contributed by atoms with van der Waals surface area (Å²) in [5, 5.41) is 66.5. The smallest absolute Gasteiger partial charge is 0.397 e. The van der Waals surface area contributed by atoms with Gasteiger partial charge in [0.2, 0.25) is 5.91 Å². The molecule has 13 N–H and O–H groups in total. The summed E-state index contributed by atoms with van der Waals surface area (Å²) in [6.07, 6.45) is -29.7. The van der Waals surface area contributed by atoms with Crippen LogP contribution in [0.15, 0.2) is 0 Å². The number of nitrogens with one attached hydrogen (secondary N) is 3. The number of ether oxygens (including phenoxy) is 6. The van der Waals surface area contributed by atoms with Gasteiger partial charge >= 0.3 is 47.4 Å². The third kappa shape index (κ3) is 14.9. The number of hydrogen-bond acceptors (Lipinski definition) is 23. The second kappa shape index (κ2) is 19.6. The molecule has 334 valence electrons. The second-order valence-corrected chi connectivity index (χ2v) is 16.6. The van der Waals surface area contributed by atoms with Gasteiger partial charge in [0, 0.05) is 13.5 Å². The van der Waals surface area contributed by atoms with Crippen LogP contribution < -0.4 is 14.8 Å². The molecule has 3 rings (SSSR count). The Kier molecular flexibility index (Phi) is 16.9. The maximum atomic E-state index is 12.4. The van der Waals surface area contributed by atoms with Crippen molar-refractivity contribution in [2.75, 3.05) is 26.4 Å². The molecule has 0 spiro atoms. The average Bonchev–Trinajstić information content (AvgIpc) is 3.04. The van der Waals surface area contributed by atoms with Crippen LogP contribution in [-0.2, 0) is 87.8 Å². The Hall–Kier alpha value is -2.02. The first-order valence-corrected chi connectivity index (χ1v) is 21.1. The van der Waals surface area contributed by atoms with E-state index >= 15 is 0 Å². The summed E-state index contributed by atoms with van der Waals surface area (Å²) < 4.78 is 170.